The number of pyridine rings is 1. The molecule has 0 saturated carbocycles. The molecule has 0 aliphatic rings. The molecule has 9 heteroatoms. The first-order chi connectivity index (χ1) is 9.60. The number of hydrogen-bond acceptors (Lipinski definition) is 7. The van der Waals surface area contributed by atoms with Gasteiger partial charge < -0.3 is 10.7 Å². The molecular formula is C11H15N7O2. The zero-order valence-electron chi connectivity index (χ0n) is 10.9. The monoisotopic (exact) mass is 277 g/mol. The Morgan fingerprint density at radius 2 is 2.30 bits per heavy atom. The third-order valence-corrected chi connectivity index (χ3v) is 2.61. The number of rotatable bonds is 6. The molecule has 2 aromatic heterocycles. The van der Waals surface area contributed by atoms with Gasteiger partial charge in [0.1, 0.15) is 5.82 Å². The van der Waals surface area contributed by atoms with Crippen LogP contribution in [0.25, 0.3) is 0 Å². The van der Waals surface area contributed by atoms with E-state index in [1.165, 1.54) is 12.1 Å². The van der Waals surface area contributed by atoms with Gasteiger partial charge in [-0.25, -0.2) is 10.8 Å². The van der Waals surface area contributed by atoms with Gasteiger partial charge in [-0.15, -0.1) is 0 Å². The van der Waals surface area contributed by atoms with E-state index >= 15 is 0 Å². The molecule has 9 nitrogen and oxygen atoms in total. The second kappa shape index (κ2) is 5.97. The van der Waals surface area contributed by atoms with Gasteiger partial charge in [0.25, 0.3) is 0 Å². The van der Waals surface area contributed by atoms with Crippen LogP contribution in [0.1, 0.15) is 5.56 Å². The number of aryl methyl sites for hydroxylation is 1. The van der Waals surface area contributed by atoms with Crippen molar-refractivity contribution in [1.29, 1.82) is 0 Å². The maximum absolute atomic E-state index is 10.9. The van der Waals surface area contributed by atoms with Crippen molar-refractivity contribution in [1.82, 2.24) is 14.8 Å². The van der Waals surface area contributed by atoms with Gasteiger partial charge in [-0.3, -0.25) is 14.8 Å². The zero-order valence-corrected chi connectivity index (χ0v) is 10.9. The molecule has 106 valence electrons. The van der Waals surface area contributed by atoms with Crippen LogP contribution in [0.5, 0.6) is 0 Å². The molecule has 2 rings (SSSR count). The summed E-state index contributed by atoms with van der Waals surface area (Å²) in [6.07, 6.45) is 3.64. The molecule has 0 radical (unpaired) electrons. The molecule has 0 spiro atoms. The van der Waals surface area contributed by atoms with Gasteiger partial charge in [0, 0.05) is 18.8 Å². The summed E-state index contributed by atoms with van der Waals surface area (Å²) in [5.41, 5.74) is 3.32. The molecule has 4 N–H and O–H groups in total. The van der Waals surface area contributed by atoms with Crippen LogP contribution in [-0.4, -0.2) is 26.2 Å². The Morgan fingerprint density at radius 3 is 2.90 bits per heavy atom. The first kappa shape index (κ1) is 13.7. The highest BCUT2D eigenvalue weighted by molar-refractivity contribution is 5.59. The number of anilines is 2. The van der Waals surface area contributed by atoms with Gasteiger partial charge in [0.2, 0.25) is 5.82 Å². The minimum Gasteiger partial charge on any atom is -0.362 e. The summed E-state index contributed by atoms with van der Waals surface area (Å²) in [5, 5.41) is 18.0. The van der Waals surface area contributed by atoms with Crippen molar-refractivity contribution in [2.24, 2.45) is 5.84 Å². The first-order valence-corrected chi connectivity index (χ1v) is 5.95. The number of nitro groups is 1. The summed E-state index contributed by atoms with van der Waals surface area (Å²) in [4.78, 5) is 14.5. The summed E-state index contributed by atoms with van der Waals surface area (Å²) in [7, 11) is 0. The van der Waals surface area contributed by atoms with E-state index in [2.05, 4.69) is 20.8 Å². The predicted molar refractivity (Wildman–Crippen MR) is 74.2 cm³/mol. The van der Waals surface area contributed by atoms with Crippen molar-refractivity contribution in [2.45, 2.75) is 13.5 Å². The van der Waals surface area contributed by atoms with E-state index < -0.39 is 4.92 Å². The normalized spacial score (nSPS) is 10.3. The molecule has 0 unspecified atom stereocenters. The number of nitrogen functional groups attached to an aromatic ring is 1. The van der Waals surface area contributed by atoms with Crippen LogP contribution >= 0.6 is 0 Å². The van der Waals surface area contributed by atoms with Gasteiger partial charge in [-0.05, 0) is 18.6 Å². The first-order valence-electron chi connectivity index (χ1n) is 5.95. The van der Waals surface area contributed by atoms with E-state index in [0.717, 1.165) is 5.56 Å². The van der Waals surface area contributed by atoms with Gasteiger partial charge in [-0.1, -0.05) is 0 Å². The van der Waals surface area contributed by atoms with Gasteiger partial charge >= 0.3 is 5.69 Å². The molecule has 0 amide bonds. The van der Waals surface area contributed by atoms with Crippen molar-refractivity contribution in [3.05, 3.63) is 40.2 Å². The van der Waals surface area contributed by atoms with E-state index in [-0.39, 0.29) is 11.5 Å². The predicted octanol–water partition coefficient (Wildman–Crippen LogP) is 0.892. The molecule has 0 aromatic carbocycles. The van der Waals surface area contributed by atoms with Crippen LogP contribution in [0.4, 0.5) is 17.3 Å². The van der Waals surface area contributed by atoms with E-state index in [1.807, 2.05) is 13.1 Å². The second-order valence-corrected chi connectivity index (χ2v) is 4.17. The molecule has 0 fully saturated rings. The van der Waals surface area contributed by atoms with Crippen LogP contribution in [0.3, 0.4) is 0 Å². The van der Waals surface area contributed by atoms with Crippen LogP contribution in [-0.2, 0) is 6.54 Å². The van der Waals surface area contributed by atoms with E-state index in [0.29, 0.717) is 18.9 Å². The van der Waals surface area contributed by atoms with Gasteiger partial charge in [-0.2, -0.15) is 5.10 Å². The summed E-state index contributed by atoms with van der Waals surface area (Å²) >= 11 is 0. The van der Waals surface area contributed by atoms with Gasteiger partial charge in [0.05, 0.1) is 17.7 Å². The largest absolute Gasteiger partial charge is 0.362 e. The zero-order chi connectivity index (χ0) is 14.5. The fraction of sp³-hybridized carbons (Fsp3) is 0.273. The molecular weight excluding hydrogens is 262 g/mol. The lowest BCUT2D eigenvalue weighted by Gasteiger charge is -2.08. The molecule has 0 atom stereocenters. The molecule has 20 heavy (non-hydrogen) atoms. The number of hydrogen-bond donors (Lipinski definition) is 3. The number of hydrazine groups is 1. The Hall–Kier alpha value is -2.68. The Bertz CT molecular complexity index is 611. The second-order valence-electron chi connectivity index (χ2n) is 4.17. The summed E-state index contributed by atoms with van der Waals surface area (Å²) in [6.45, 7) is 2.98. The summed E-state index contributed by atoms with van der Waals surface area (Å²) in [5.74, 6) is 5.77. The number of nitrogens with two attached hydrogens (primary N) is 1. The standard InChI is InChI=1S/C11H15N7O2/c1-8-6-14-17(7-8)5-4-13-11-9(18(19)20)2-3-10(15-11)16-12/h2-3,6-7H,4-5,12H2,1H3,(H2,13,15,16). The highest BCUT2D eigenvalue weighted by atomic mass is 16.6. The number of nitrogens with zero attached hydrogens (tertiary/aromatic N) is 4. The van der Waals surface area contributed by atoms with E-state index in [4.69, 9.17) is 5.84 Å². The smallest absolute Gasteiger partial charge is 0.311 e. The Morgan fingerprint density at radius 1 is 1.50 bits per heavy atom. The topological polar surface area (TPSA) is 124 Å². The highest BCUT2D eigenvalue weighted by Crippen LogP contribution is 2.23. The average molecular weight is 277 g/mol. The molecule has 0 bridgehead atoms. The van der Waals surface area contributed by atoms with Crippen LogP contribution in [0.2, 0.25) is 0 Å². The summed E-state index contributed by atoms with van der Waals surface area (Å²) in [6, 6.07) is 2.79. The van der Waals surface area contributed by atoms with Crippen molar-refractivity contribution < 1.29 is 4.92 Å². The van der Waals surface area contributed by atoms with Gasteiger partial charge in [0.15, 0.2) is 0 Å². The fourth-order valence-electron chi connectivity index (χ4n) is 1.69. The Labute approximate surface area is 114 Å². The van der Waals surface area contributed by atoms with E-state index in [9.17, 15) is 10.1 Å². The fourth-order valence-corrected chi connectivity index (χ4v) is 1.69. The maximum Gasteiger partial charge on any atom is 0.311 e. The quantitative estimate of drug-likeness (QED) is 0.407. The lowest BCUT2D eigenvalue weighted by Crippen LogP contribution is -2.14. The van der Waals surface area contributed by atoms with Crippen molar-refractivity contribution in [3.63, 3.8) is 0 Å². The lowest BCUT2D eigenvalue weighted by atomic mass is 10.3. The molecule has 2 heterocycles. The van der Waals surface area contributed by atoms with Crippen molar-refractivity contribution in [2.75, 3.05) is 17.3 Å². The maximum atomic E-state index is 10.9. The third kappa shape index (κ3) is 3.20. The van der Waals surface area contributed by atoms with Crippen LogP contribution in [0.15, 0.2) is 24.5 Å². The van der Waals surface area contributed by atoms with E-state index in [1.54, 1.807) is 10.9 Å². The third-order valence-electron chi connectivity index (χ3n) is 2.61. The highest BCUT2D eigenvalue weighted by Gasteiger charge is 2.15. The minimum absolute atomic E-state index is 0.0966. The average Bonchev–Trinajstić information content (AvgIpc) is 2.84. The Kier molecular flexibility index (Phi) is 4.11. The number of nitrogens with one attached hydrogen (secondary N) is 2. The lowest BCUT2D eigenvalue weighted by molar-refractivity contribution is -0.384. The van der Waals surface area contributed by atoms with Crippen LogP contribution in [0, 0.1) is 17.0 Å². The SMILES string of the molecule is Cc1cnn(CCNc2nc(NN)ccc2[N+](=O)[O-])c1. The van der Waals surface area contributed by atoms with Crippen molar-refractivity contribution >= 4 is 17.3 Å². The minimum atomic E-state index is -0.492. The number of aromatic nitrogens is 3. The van der Waals surface area contributed by atoms with Crippen molar-refractivity contribution in [3.8, 4) is 0 Å². The molecule has 0 aliphatic carbocycles. The Balaban J connectivity index is 2.05. The van der Waals surface area contributed by atoms with Crippen LogP contribution < -0.4 is 16.6 Å². The molecule has 0 saturated heterocycles. The molecule has 2 aromatic rings. The summed E-state index contributed by atoms with van der Waals surface area (Å²) < 4.78 is 1.75. The molecule has 0 aliphatic heterocycles.